The molecule has 1 aromatic carbocycles. The number of hydrogen-bond acceptors (Lipinski definition) is 1. The van der Waals surface area contributed by atoms with Crippen LogP contribution >= 0.6 is 0 Å². The Labute approximate surface area is 155 Å². The number of hydrogen-bond donors (Lipinski definition) is 0. The van der Waals surface area contributed by atoms with E-state index in [1.165, 1.54) is 19.1 Å². The van der Waals surface area contributed by atoms with Crippen LogP contribution in [0.15, 0.2) is 18.2 Å². The van der Waals surface area contributed by atoms with Crippen LogP contribution in [0, 0.1) is 6.92 Å². The summed E-state index contributed by atoms with van der Waals surface area (Å²) in [6, 6.07) is 3.97. The molecule has 1 aromatic rings. The Morgan fingerprint density at radius 1 is 1.11 bits per heavy atom. The maximum absolute atomic E-state index is 12.6. The summed E-state index contributed by atoms with van der Waals surface area (Å²) in [5.74, 6) is 0.521. The van der Waals surface area contributed by atoms with Crippen molar-refractivity contribution in [1.29, 1.82) is 0 Å². The van der Waals surface area contributed by atoms with Crippen LogP contribution in [0.2, 0.25) is 0 Å². The van der Waals surface area contributed by atoms with Gasteiger partial charge in [0.2, 0.25) is 0 Å². The standard InChI is InChI=1S/C13H19BF3O.K/c1-3-4-5-6-9-18-12-7-8-13(11(2)10-12)14(15,16)17;/h7-8,10H,3-6,9H2,1-2H3;/q-1;+1. The van der Waals surface area contributed by atoms with Crippen molar-refractivity contribution in [2.45, 2.75) is 39.5 Å². The van der Waals surface area contributed by atoms with Gasteiger partial charge in [0.25, 0.3) is 0 Å². The summed E-state index contributed by atoms with van der Waals surface area (Å²) in [5.41, 5.74) is -0.304. The third-order valence-corrected chi connectivity index (χ3v) is 2.86. The first kappa shape index (κ1) is 19.5. The Hall–Kier alpha value is 0.511. The SMILES string of the molecule is CCCCCCOc1ccc([B-](F)(F)F)c(C)c1.[K+]. The van der Waals surface area contributed by atoms with Gasteiger partial charge in [-0.25, -0.2) is 0 Å². The van der Waals surface area contributed by atoms with Gasteiger partial charge in [-0.15, -0.1) is 5.46 Å². The first-order valence-corrected chi connectivity index (χ1v) is 6.38. The molecule has 0 aliphatic heterocycles. The molecule has 0 saturated heterocycles. The van der Waals surface area contributed by atoms with Crippen LogP contribution in [0.3, 0.4) is 0 Å². The molecule has 102 valence electrons. The summed E-state index contributed by atoms with van der Waals surface area (Å²) < 4.78 is 43.2. The molecular formula is C13H19BF3KO. The second-order valence-electron chi connectivity index (χ2n) is 4.50. The van der Waals surface area contributed by atoms with E-state index >= 15 is 0 Å². The van der Waals surface area contributed by atoms with E-state index in [1.807, 2.05) is 0 Å². The van der Waals surface area contributed by atoms with Gasteiger partial charge in [-0.1, -0.05) is 37.8 Å². The van der Waals surface area contributed by atoms with Gasteiger partial charge in [-0.3, -0.25) is 0 Å². The Kier molecular flexibility index (Phi) is 9.70. The second-order valence-corrected chi connectivity index (χ2v) is 4.50. The van der Waals surface area contributed by atoms with Crippen LogP contribution in [0.25, 0.3) is 0 Å². The van der Waals surface area contributed by atoms with Gasteiger partial charge >= 0.3 is 58.4 Å². The number of aryl methyl sites for hydroxylation is 1. The summed E-state index contributed by atoms with van der Waals surface area (Å²) >= 11 is 0. The van der Waals surface area contributed by atoms with Crippen LogP contribution in [-0.2, 0) is 0 Å². The molecule has 0 fully saturated rings. The molecule has 0 heterocycles. The average Bonchev–Trinajstić information content (AvgIpc) is 2.27. The van der Waals surface area contributed by atoms with E-state index in [0.717, 1.165) is 31.7 Å². The second kappa shape index (κ2) is 9.45. The normalized spacial score (nSPS) is 11.0. The first-order valence-electron chi connectivity index (χ1n) is 6.38. The third-order valence-electron chi connectivity index (χ3n) is 2.86. The smallest absolute Gasteiger partial charge is 0.494 e. The maximum Gasteiger partial charge on any atom is 1.00 e. The topological polar surface area (TPSA) is 9.23 Å². The molecule has 0 aliphatic rings. The molecule has 0 radical (unpaired) electrons. The Bertz CT molecular complexity index is 383. The van der Waals surface area contributed by atoms with Crippen molar-refractivity contribution in [2.24, 2.45) is 0 Å². The number of rotatable bonds is 7. The van der Waals surface area contributed by atoms with Gasteiger partial charge in [-0.2, -0.15) is 0 Å². The minimum Gasteiger partial charge on any atom is -0.494 e. The summed E-state index contributed by atoms with van der Waals surface area (Å²) in [5, 5.41) is 0. The largest absolute Gasteiger partial charge is 1.00 e. The number of benzene rings is 1. The zero-order chi connectivity index (χ0) is 13.6. The minimum atomic E-state index is -4.93. The predicted octanol–water partition coefficient (Wildman–Crippen LogP) is 1.01. The molecule has 6 heteroatoms. The molecule has 0 N–H and O–H groups in total. The van der Waals surface area contributed by atoms with Crippen LogP contribution in [0.1, 0.15) is 38.2 Å². The van der Waals surface area contributed by atoms with Crippen LogP contribution in [0.5, 0.6) is 5.75 Å². The Morgan fingerprint density at radius 3 is 2.32 bits per heavy atom. The van der Waals surface area contributed by atoms with Crippen molar-refractivity contribution < 1.29 is 69.1 Å². The third kappa shape index (κ3) is 7.18. The van der Waals surface area contributed by atoms with Crippen molar-refractivity contribution in [3.05, 3.63) is 23.8 Å². The van der Waals surface area contributed by atoms with E-state index in [9.17, 15) is 12.9 Å². The zero-order valence-electron chi connectivity index (χ0n) is 11.9. The molecule has 0 spiro atoms. The first-order chi connectivity index (χ1) is 8.45. The number of unbranched alkanes of at least 4 members (excludes halogenated alkanes) is 3. The molecule has 0 bridgehead atoms. The average molecular weight is 298 g/mol. The summed E-state index contributed by atoms with van der Waals surface area (Å²) in [4.78, 5) is 0. The summed E-state index contributed by atoms with van der Waals surface area (Å²) in [6.45, 7) is -0.767. The van der Waals surface area contributed by atoms with E-state index in [4.69, 9.17) is 4.74 Å². The molecule has 0 aromatic heterocycles. The van der Waals surface area contributed by atoms with Crippen LogP contribution in [-0.4, -0.2) is 13.6 Å². The monoisotopic (exact) mass is 298 g/mol. The van der Waals surface area contributed by atoms with E-state index in [2.05, 4.69) is 6.92 Å². The molecule has 0 unspecified atom stereocenters. The van der Waals surface area contributed by atoms with Gasteiger partial charge in [0.1, 0.15) is 5.75 Å². The fourth-order valence-corrected chi connectivity index (χ4v) is 1.82. The number of ether oxygens (including phenoxy) is 1. The molecule has 0 amide bonds. The molecule has 0 aliphatic carbocycles. The van der Waals surface area contributed by atoms with Gasteiger partial charge in [0.05, 0.1) is 6.61 Å². The molecular weight excluding hydrogens is 279 g/mol. The van der Waals surface area contributed by atoms with E-state index in [0.29, 0.717) is 12.4 Å². The van der Waals surface area contributed by atoms with E-state index < -0.39 is 12.4 Å². The van der Waals surface area contributed by atoms with E-state index in [1.54, 1.807) is 0 Å². The minimum absolute atomic E-state index is 0. The van der Waals surface area contributed by atoms with E-state index in [-0.39, 0.29) is 56.9 Å². The summed E-state index contributed by atoms with van der Waals surface area (Å²) in [6.07, 6.45) is 4.36. The predicted molar refractivity (Wildman–Crippen MR) is 69.5 cm³/mol. The van der Waals surface area contributed by atoms with Crippen molar-refractivity contribution in [2.75, 3.05) is 6.61 Å². The van der Waals surface area contributed by atoms with Gasteiger partial charge in [-0.05, 0) is 25.5 Å². The maximum atomic E-state index is 12.6. The van der Waals surface area contributed by atoms with Crippen molar-refractivity contribution in [3.63, 3.8) is 0 Å². The molecule has 0 saturated carbocycles. The quantitative estimate of drug-likeness (QED) is 0.539. The van der Waals surface area contributed by atoms with Crippen molar-refractivity contribution >= 4 is 12.4 Å². The van der Waals surface area contributed by atoms with Crippen molar-refractivity contribution in [3.8, 4) is 5.75 Å². The van der Waals surface area contributed by atoms with Crippen LogP contribution in [0.4, 0.5) is 12.9 Å². The van der Waals surface area contributed by atoms with Crippen molar-refractivity contribution in [1.82, 2.24) is 0 Å². The van der Waals surface area contributed by atoms with Gasteiger partial charge < -0.3 is 17.7 Å². The molecule has 1 rings (SSSR count). The zero-order valence-corrected chi connectivity index (χ0v) is 15.0. The number of halogens is 3. The summed E-state index contributed by atoms with van der Waals surface area (Å²) in [7, 11) is 0. The van der Waals surface area contributed by atoms with Gasteiger partial charge in [0, 0.05) is 0 Å². The Balaban J connectivity index is 0.00000324. The molecule has 1 nitrogen and oxygen atoms in total. The Morgan fingerprint density at radius 2 is 1.79 bits per heavy atom. The van der Waals surface area contributed by atoms with Crippen LogP contribution < -0.4 is 61.6 Å². The molecule has 19 heavy (non-hydrogen) atoms. The fraction of sp³-hybridized carbons (Fsp3) is 0.538. The molecule has 0 atom stereocenters. The fourth-order valence-electron chi connectivity index (χ4n) is 1.82. The van der Waals surface area contributed by atoms with Gasteiger partial charge in [0.15, 0.2) is 0 Å².